The third kappa shape index (κ3) is 2.20. The fraction of sp³-hybridized carbons (Fsp3) is 0.500. The van der Waals surface area contributed by atoms with E-state index in [1.165, 1.54) is 11.1 Å². The van der Waals surface area contributed by atoms with Crippen molar-refractivity contribution >= 4 is 5.97 Å². The molecule has 2 atom stereocenters. The van der Waals surface area contributed by atoms with Gasteiger partial charge in [-0.1, -0.05) is 38.1 Å². The van der Waals surface area contributed by atoms with Crippen LogP contribution in [0.4, 0.5) is 0 Å². The summed E-state index contributed by atoms with van der Waals surface area (Å²) in [6.07, 6.45) is 0.993. The van der Waals surface area contributed by atoms with Crippen molar-refractivity contribution in [2.45, 2.75) is 39.3 Å². The lowest BCUT2D eigenvalue weighted by molar-refractivity contribution is -0.139. The van der Waals surface area contributed by atoms with Crippen LogP contribution < -0.4 is 5.32 Å². The van der Waals surface area contributed by atoms with Crippen LogP contribution in [0.15, 0.2) is 24.3 Å². The molecule has 0 aromatic heterocycles. The molecule has 3 heteroatoms. The van der Waals surface area contributed by atoms with Crippen LogP contribution >= 0.6 is 0 Å². The van der Waals surface area contributed by atoms with E-state index in [1.807, 2.05) is 12.1 Å². The lowest BCUT2D eigenvalue weighted by atomic mass is 9.85. The van der Waals surface area contributed by atoms with E-state index in [4.69, 9.17) is 5.11 Å². The van der Waals surface area contributed by atoms with Gasteiger partial charge in [0, 0.05) is 6.04 Å². The predicted molar refractivity (Wildman–Crippen MR) is 66.9 cm³/mol. The highest BCUT2D eigenvalue weighted by Crippen LogP contribution is 2.45. The smallest absolute Gasteiger partial charge is 0.320 e. The number of rotatable bonds is 3. The van der Waals surface area contributed by atoms with Gasteiger partial charge in [0.2, 0.25) is 0 Å². The normalized spacial score (nSPS) is 23.1. The molecule has 0 heterocycles. The third-order valence-corrected chi connectivity index (χ3v) is 3.58. The fourth-order valence-electron chi connectivity index (χ4n) is 2.63. The van der Waals surface area contributed by atoms with Crippen LogP contribution in [-0.4, -0.2) is 17.1 Å². The highest BCUT2D eigenvalue weighted by molar-refractivity contribution is 5.73. The summed E-state index contributed by atoms with van der Waals surface area (Å²) >= 11 is 0. The molecule has 3 nitrogen and oxygen atoms in total. The number of nitrogens with one attached hydrogen (secondary N) is 1. The highest BCUT2D eigenvalue weighted by Gasteiger charge is 2.39. The summed E-state index contributed by atoms with van der Waals surface area (Å²) in [4.78, 5) is 10.9. The lowest BCUT2D eigenvalue weighted by Gasteiger charge is -2.30. The van der Waals surface area contributed by atoms with Crippen LogP contribution in [0.5, 0.6) is 0 Å². The van der Waals surface area contributed by atoms with E-state index in [0.29, 0.717) is 0 Å². The maximum absolute atomic E-state index is 10.9. The van der Waals surface area contributed by atoms with Crippen molar-refractivity contribution in [3.8, 4) is 0 Å². The van der Waals surface area contributed by atoms with Crippen LogP contribution in [0.2, 0.25) is 0 Å². The fourth-order valence-corrected chi connectivity index (χ4v) is 2.63. The van der Waals surface area contributed by atoms with Gasteiger partial charge in [0.15, 0.2) is 0 Å². The summed E-state index contributed by atoms with van der Waals surface area (Å²) < 4.78 is 0. The first kappa shape index (κ1) is 12.1. The first-order valence-electron chi connectivity index (χ1n) is 5.98. The summed E-state index contributed by atoms with van der Waals surface area (Å²) in [6, 6.07) is 7.87. The molecule has 17 heavy (non-hydrogen) atoms. The molecule has 1 aliphatic rings. The van der Waals surface area contributed by atoms with E-state index in [0.717, 1.165) is 6.42 Å². The molecule has 0 radical (unpaired) electrons. The van der Waals surface area contributed by atoms with Crippen LogP contribution in [0.1, 0.15) is 37.9 Å². The van der Waals surface area contributed by atoms with E-state index >= 15 is 0 Å². The molecule has 0 fully saturated rings. The minimum Gasteiger partial charge on any atom is -0.480 e. The van der Waals surface area contributed by atoms with E-state index in [-0.39, 0.29) is 11.5 Å². The molecule has 0 saturated heterocycles. The average Bonchev–Trinajstić information content (AvgIpc) is 2.50. The monoisotopic (exact) mass is 233 g/mol. The minimum atomic E-state index is -0.801. The Balaban J connectivity index is 2.28. The number of carbonyl (C=O) groups is 1. The number of hydrogen-bond acceptors (Lipinski definition) is 2. The quantitative estimate of drug-likeness (QED) is 0.842. The van der Waals surface area contributed by atoms with Gasteiger partial charge in [0.1, 0.15) is 6.04 Å². The van der Waals surface area contributed by atoms with Crippen molar-refractivity contribution in [3.63, 3.8) is 0 Å². The van der Waals surface area contributed by atoms with E-state index in [1.54, 1.807) is 6.92 Å². The minimum absolute atomic E-state index is 0.0629. The van der Waals surface area contributed by atoms with Gasteiger partial charge >= 0.3 is 5.97 Å². The summed E-state index contributed by atoms with van der Waals surface area (Å²) in [5, 5.41) is 12.2. The topological polar surface area (TPSA) is 49.3 Å². The van der Waals surface area contributed by atoms with Gasteiger partial charge in [-0.2, -0.15) is 0 Å². The van der Waals surface area contributed by atoms with Crippen molar-refractivity contribution in [2.75, 3.05) is 0 Å². The number of aliphatic carboxylic acids is 1. The summed E-state index contributed by atoms with van der Waals surface area (Å²) in [6.45, 7) is 6.05. The van der Waals surface area contributed by atoms with Crippen molar-refractivity contribution in [1.82, 2.24) is 5.32 Å². The standard InChI is InChI=1S/C14H19NO2/c1-9(13(16)17)15-12-11-7-5-4-6-10(11)8-14(12,2)3/h4-7,9,12,15H,8H2,1-3H3,(H,16,17). The molecule has 0 bridgehead atoms. The Bertz CT molecular complexity index is 440. The Morgan fingerprint density at radius 3 is 2.76 bits per heavy atom. The van der Waals surface area contributed by atoms with E-state index in [9.17, 15) is 4.79 Å². The Hall–Kier alpha value is -1.35. The van der Waals surface area contributed by atoms with Crippen LogP contribution in [0.3, 0.4) is 0 Å². The molecule has 1 aromatic carbocycles. The van der Waals surface area contributed by atoms with Crippen molar-refractivity contribution in [2.24, 2.45) is 5.41 Å². The SMILES string of the molecule is CC(NC1c2ccccc2CC1(C)C)C(=O)O. The zero-order valence-electron chi connectivity index (χ0n) is 10.5. The molecule has 2 rings (SSSR count). The number of fused-ring (bicyclic) bond motifs is 1. The zero-order chi connectivity index (χ0) is 12.6. The van der Waals surface area contributed by atoms with Gasteiger partial charge in [0.25, 0.3) is 0 Å². The molecule has 2 N–H and O–H groups in total. The number of carboxylic acid groups (broad SMARTS) is 1. The molecule has 0 saturated carbocycles. The van der Waals surface area contributed by atoms with Gasteiger partial charge < -0.3 is 5.11 Å². The molecule has 0 amide bonds. The third-order valence-electron chi connectivity index (χ3n) is 3.58. The Labute approximate surface area is 102 Å². The second-order valence-electron chi connectivity index (χ2n) is 5.52. The Morgan fingerprint density at radius 2 is 2.12 bits per heavy atom. The molecule has 1 aromatic rings. The van der Waals surface area contributed by atoms with Crippen LogP contribution in [0.25, 0.3) is 0 Å². The summed E-state index contributed by atoms with van der Waals surface area (Å²) in [5.41, 5.74) is 2.63. The maximum Gasteiger partial charge on any atom is 0.320 e. The van der Waals surface area contributed by atoms with Gasteiger partial charge in [-0.25, -0.2) is 0 Å². The number of carboxylic acids is 1. The maximum atomic E-state index is 10.9. The largest absolute Gasteiger partial charge is 0.480 e. The zero-order valence-corrected chi connectivity index (χ0v) is 10.5. The average molecular weight is 233 g/mol. The summed E-state index contributed by atoms with van der Waals surface area (Å²) in [7, 11) is 0. The van der Waals surface area contributed by atoms with Crippen LogP contribution in [-0.2, 0) is 11.2 Å². The second kappa shape index (κ2) is 4.15. The van der Waals surface area contributed by atoms with E-state index < -0.39 is 12.0 Å². The molecule has 2 unspecified atom stereocenters. The molecule has 1 aliphatic carbocycles. The van der Waals surface area contributed by atoms with Gasteiger partial charge in [-0.15, -0.1) is 0 Å². The Morgan fingerprint density at radius 1 is 1.47 bits per heavy atom. The van der Waals surface area contributed by atoms with E-state index in [2.05, 4.69) is 31.3 Å². The molecular formula is C14H19NO2. The molecule has 92 valence electrons. The van der Waals surface area contributed by atoms with Crippen LogP contribution in [0, 0.1) is 5.41 Å². The van der Waals surface area contributed by atoms with Crippen molar-refractivity contribution in [1.29, 1.82) is 0 Å². The first-order valence-corrected chi connectivity index (χ1v) is 5.98. The van der Waals surface area contributed by atoms with Crippen molar-refractivity contribution < 1.29 is 9.90 Å². The summed E-state index contributed by atoms with van der Waals surface area (Å²) in [5.74, 6) is -0.801. The predicted octanol–water partition coefficient (Wildman–Crippen LogP) is 2.37. The van der Waals surface area contributed by atoms with Gasteiger partial charge in [-0.05, 0) is 29.9 Å². The molecule has 0 aliphatic heterocycles. The Kier molecular flexibility index (Phi) is 2.96. The number of hydrogen-bond donors (Lipinski definition) is 2. The van der Waals surface area contributed by atoms with Gasteiger partial charge in [0.05, 0.1) is 0 Å². The lowest BCUT2D eigenvalue weighted by Crippen LogP contribution is -2.41. The molecule has 0 spiro atoms. The highest BCUT2D eigenvalue weighted by atomic mass is 16.4. The number of benzene rings is 1. The molecular weight excluding hydrogens is 214 g/mol. The van der Waals surface area contributed by atoms with Gasteiger partial charge in [-0.3, -0.25) is 10.1 Å². The first-order chi connectivity index (χ1) is 7.92. The van der Waals surface area contributed by atoms with Crippen molar-refractivity contribution in [3.05, 3.63) is 35.4 Å². The second-order valence-corrected chi connectivity index (χ2v) is 5.52.